The van der Waals surface area contributed by atoms with Crippen molar-refractivity contribution < 1.29 is 9.59 Å². The predicted molar refractivity (Wildman–Crippen MR) is 85.2 cm³/mol. The number of anilines is 2. The fourth-order valence-corrected chi connectivity index (χ4v) is 1.83. The van der Waals surface area contributed by atoms with Gasteiger partial charge in [-0.2, -0.15) is 0 Å². The van der Waals surface area contributed by atoms with E-state index in [1.54, 1.807) is 25.2 Å². The minimum Gasteiger partial charge on any atom is -0.399 e. The Bertz CT molecular complexity index is 521. The van der Waals surface area contributed by atoms with Crippen LogP contribution in [-0.2, 0) is 4.79 Å². The Hall–Kier alpha value is -2.24. The molecule has 0 radical (unpaired) electrons. The third kappa shape index (κ3) is 5.72. The molecule has 0 aliphatic carbocycles. The average Bonchev–Trinajstić information content (AvgIpc) is 2.36. The molecule has 1 aromatic carbocycles. The zero-order chi connectivity index (χ0) is 16.0. The molecule has 21 heavy (non-hydrogen) atoms. The van der Waals surface area contributed by atoms with Gasteiger partial charge in [0, 0.05) is 36.9 Å². The third-order valence-electron chi connectivity index (χ3n) is 2.70. The molecular weight excluding hydrogens is 268 g/mol. The van der Waals surface area contributed by atoms with Crippen molar-refractivity contribution in [3.05, 3.63) is 23.8 Å². The summed E-state index contributed by atoms with van der Waals surface area (Å²) in [5.41, 5.74) is 7.17. The predicted octanol–water partition coefficient (Wildman–Crippen LogP) is 1.35. The van der Waals surface area contributed by atoms with Gasteiger partial charge in [-0.05, 0) is 39.0 Å². The molecule has 0 aromatic heterocycles. The molecule has 0 bridgehead atoms. The van der Waals surface area contributed by atoms with Crippen LogP contribution in [0.15, 0.2) is 18.2 Å². The Labute approximate surface area is 125 Å². The second-order valence-corrected chi connectivity index (χ2v) is 5.86. The van der Waals surface area contributed by atoms with E-state index in [-0.39, 0.29) is 17.4 Å². The van der Waals surface area contributed by atoms with E-state index >= 15 is 0 Å². The van der Waals surface area contributed by atoms with Gasteiger partial charge in [-0.3, -0.25) is 9.59 Å². The van der Waals surface area contributed by atoms with E-state index in [0.29, 0.717) is 29.9 Å². The van der Waals surface area contributed by atoms with Gasteiger partial charge in [0.2, 0.25) is 5.91 Å². The summed E-state index contributed by atoms with van der Waals surface area (Å²) in [6.07, 6.45) is 0.319. The van der Waals surface area contributed by atoms with Crippen LogP contribution in [0.2, 0.25) is 0 Å². The standard InChI is InChI=1S/C15H24N4O2/c1-15(2,3)19-13(20)7-8-18-12-9-10(16)5-6-11(12)14(21)17-4/h5-6,9,18H,7-8,16H2,1-4H3,(H,17,21)(H,19,20). The number of nitrogens with one attached hydrogen (secondary N) is 3. The normalized spacial score (nSPS) is 10.9. The third-order valence-corrected chi connectivity index (χ3v) is 2.70. The van der Waals surface area contributed by atoms with Gasteiger partial charge in [0.25, 0.3) is 5.91 Å². The van der Waals surface area contributed by atoms with E-state index in [0.717, 1.165) is 0 Å². The molecule has 0 fully saturated rings. The number of hydrogen-bond acceptors (Lipinski definition) is 4. The Morgan fingerprint density at radius 1 is 1.24 bits per heavy atom. The first kappa shape index (κ1) is 16.8. The number of amides is 2. The highest BCUT2D eigenvalue weighted by atomic mass is 16.2. The van der Waals surface area contributed by atoms with Gasteiger partial charge in [0.15, 0.2) is 0 Å². The summed E-state index contributed by atoms with van der Waals surface area (Å²) in [4.78, 5) is 23.5. The van der Waals surface area contributed by atoms with Crippen molar-refractivity contribution in [2.45, 2.75) is 32.7 Å². The molecule has 2 amide bonds. The second-order valence-electron chi connectivity index (χ2n) is 5.86. The summed E-state index contributed by atoms with van der Waals surface area (Å²) in [6.45, 7) is 6.22. The van der Waals surface area contributed by atoms with Crippen LogP contribution in [0.4, 0.5) is 11.4 Å². The molecule has 5 N–H and O–H groups in total. The van der Waals surface area contributed by atoms with Gasteiger partial charge in [0.05, 0.1) is 5.56 Å². The summed E-state index contributed by atoms with van der Waals surface area (Å²) in [6, 6.07) is 5.01. The van der Waals surface area contributed by atoms with Gasteiger partial charge in [-0.25, -0.2) is 0 Å². The van der Waals surface area contributed by atoms with Crippen molar-refractivity contribution in [3.8, 4) is 0 Å². The minimum absolute atomic E-state index is 0.0413. The maximum absolute atomic E-state index is 11.8. The summed E-state index contributed by atoms with van der Waals surface area (Å²) >= 11 is 0. The van der Waals surface area contributed by atoms with Crippen LogP contribution >= 0.6 is 0 Å². The molecule has 116 valence electrons. The summed E-state index contributed by atoms with van der Waals surface area (Å²) < 4.78 is 0. The first-order chi connectivity index (χ1) is 9.73. The quantitative estimate of drug-likeness (QED) is 0.616. The SMILES string of the molecule is CNC(=O)c1ccc(N)cc1NCCC(=O)NC(C)(C)C. The number of nitrogens with two attached hydrogens (primary N) is 1. The van der Waals surface area contributed by atoms with Crippen molar-refractivity contribution in [2.24, 2.45) is 0 Å². The lowest BCUT2D eigenvalue weighted by Crippen LogP contribution is -2.41. The van der Waals surface area contributed by atoms with Gasteiger partial charge in [-0.15, -0.1) is 0 Å². The Morgan fingerprint density at radius 2 is 1.90 bits per heavy atom. The molecule has 0 heterocycles. The van der Waals surface area contributed by atoms with Gasteiger partial charge < -0.3 is 21.7 Å². The lowest BCUT2D eigenvalue weighted by atomic mass is 10.1. The Kier molecular flexibility index (Phi) is 5.58. The Morgan fingerprint density at radius 3 is 2.48 bits per heavy atom. The zero-order valence-electron chi connectivity index (χ0n) is 13.0. The highest BCUT2D eigenvalue weighted by molar-refractivity contribution is 6.00. The Balaban J connectivity index is 2.65. The molecule has 0 saturated carbocycles. The summed E-state index contributed by atoms with van der Waals surface area (Å²) in [5.74, 6) is -0.239. The molecule has 0 atom stereocenters. The molecule has 0 aliphatic heterocycles. The molecule has 1 rings (SSSR count). The molecule has 0 saturated heterocycles. The fraction of sp³-hybridized carbons (Fsp3) is 0.467. The number of benzene rings is 1. The minimum atomic E-state index is -0.248. The maximum atomic E-state index is 11.8. The molecule has 0 spiro atoms. The maximum Gasteiger partial charge on any atom is 0.253 e. The van der Waals surface area contributed by atoms with E-state index in [4.69, 9.17) is 5.73 Å². The first-order valence-corrected chi connectivity index (χ1v) is 6.89. The van der Waals surface area contributed by atoms with E-state index in [9.17, 15) is 9.59 Å². The van der Waals surface area contributed by atoms with Crippen molar-refractivity contribution in [2.75, 3.05) is 24.6 Å². The van der Waals surface area contributed by atoms with Gasteiger partial charge in [0.1, 0.15) is 0 Å². The van der Waals surface area contributed by atoms with Gasteiger partial charge >= 0.3 is 0 Å². The number of carbonyl (C=O) groups excluding carboxylic acids is 2. The first-order valence-electron chi connectivity index (χ1n) is 6.89. The summed E-state index contributed by atoms with van der Waals surface area (Å²) in [7, 11) is 1.57. The number of nitrogen functional groups attached to an aromatic ring is 1. The van der Waals surface area contributed by atoms with Crippen LogP contribution in [0.1, 0.15) is 37.6 Å². The zero-order valence-corrected chi connectivity index (χ0v) is 13.0. The molecule has 1 aromatic rings. The summed E-state index contributed by atoms with van der Waals surface area (Å²) in [5, 5.41) is 8.54. The molecule has 0 aliphatic rings. The number of carbonyl (C=O) groups is 2. The van der Waals surface area contributed by atoms with Crippen LogP contribution in [0.3, 0.4) is 0 Å². The number of rotatable bonds is 5. The van der Waals surface area contributed by atoms with Crippen LogP contribution in [0.5, 0.6) is 0 Å². The lowest BCUT2D eigenvalue weighted by molar-refractivity contribution is -0.122. The van der Waals surface area contributed by atoms with Crippen molar-refractivity contribution >= 4 is 23.2 Å². The smallest absolute Gasteiger partial charge is 0.253 e. The van der Waals surface area contributed by atoms with Gasteiger partial charge in [-0.1, -0.05) is 0 Å². The van der Waals surface area contributed by atoms with Crippen LogP contribution < -0.4 is 21.7 Å². The van der Waals surface area contributed by atoms with E-state index < -0.39 is 0 Å². The monoisotopic (exact) mass is 292 g/mol. The number of hydrogen-bond donors (Lipinski definition) is 4. The van der Waals surface area contributed by atoms with Crippen LogP contribution in [0.25, 0.3) is 0 Å². The van der Waals surface area contributed by atoms with Crippen molar-refractivity contribution in [1.82, 2.24) is 10.6 Å². The van der Waals surface area contributed by atoms with E-state index in [2.05, 4.69) is 16.0 Å². The van der Waals surface area contributed by atoms with Crippen molar-refractivity contribution in [1.29, 1.82) is 0 Å². The highest BCUT2D eigenvalue weighted by Gasteiger charge is 2.14. The fourth-order valence-electron chi connectivity index (χ4n) is 1.83. The van der Waals surface area contributed by atoms with Crippen molar-refractivity contribution in [3.63, 3.8) is 0 Å². The van der Waals surface area contributed by atoms with Crippen LogP contribution in [0, 0.1) is 0 Å². The largest absolute Gasteiger partial charge is 0.399 e. The molecular formula is C15H24N4O2. The lowest BCUT2D eigenvalue weighted by Gasteiger charge is -2.20. The topological polar surface area (TPSA) is 96.2 Å². The molecule has 6 heteroatoms. The molecule has 6 nitrogen and oxygen atoms in total. The second kappa shape index (κ2) is 6.97. The molecule has 0 unspecified atom stereocenters. The van der Waals surface area contributed by atoms with E-state index in [1.807, 2.05) is 20.8 Å². The average molecular weight is 292 g/mol. The highest BCUT2D eigenvalue weighted by Crippen LogP contribution is 2.19. The van der Waals surface area contributed by atoms with E-state index in [1.165, 1.54) is 0 Å². The van der Waals surface area contributed by atoms with Crippen LogP contribution in [-0.4, -0.2) is 30.9 Å².